The van der Waals surface area contributed by atoms with Crippen LogP contribution in [0.4, 0.5) is 0 Å². The topological polar surface area (TPSA) is 69.6 Å². The number of nitrogens with zero attached hydrogens (tertiary/aromatic N) is 1. The minimum atomic E-state index is -3.17. The van der Waals surface area contributed by atoms with Crippen LogP contribution < -0.4 is 4.72 Å². The highest BCUT2D eigenvalue weighted by Crippen LogP contribution is 2.33. The molecule has 3 aliphatic rings. The van der Waals surface area contributed by atoms with Crippen LogP contribution in [0.15, 0.2) is 0 Å². The molecule has 0 aromatic carbocycles. The number of nitrogens with one attached hydrogen (secondary N) is 1. The fraction of sp³-hybridized carbons (Fsp3) is 1.00. The van der Waals surface area contributed by atoms with Crippen molar-refractivity contribution in [2.45, 2.75) is 68.8 Å². The SMILES string of the molecule is CC1CCC(O)(CN2CCC(S(=O)(=O)NC3CC3)C2)CC1. The number of hydrogen-bond acceptors (Lipinski definition) is 4. The molecule has 0 spiro atoms. The molecule has 2 N–H and O–H groups in total. The summed E-state index contributed by atoms with van der Waals surface area (Å²) in [6.45, 7) is 4.23. The van der Waals surface area contributed by atoms with Crippen molar-refractivity contribution in [3.05, 3.63) is 0 Å². The lowest BCUT2D eigenvalue weighted by Gasteiger charge is -2.37. The summed E-state index contributed by atoms with van der Waals surface area (Å²) >= 11 is 0. The summed E-state index contributed by atoms with van der Waals surface area (Å²) in [5.41, 5.74) is -0.602. The van der Waals surface area contributed by atoms with Crippen LogP contribution in [-0.2, 0) is 10.0 Å². The molecular formula is C15H28N2O3S. The maximum atomic E-state index is 12.2. The van der Waals surface area contributed by atoms with Gasteiger partial charge in [0, 0.05) is 19.1 Å². The molecule has 0 bridgehead atoms. The predicted molar refractivity (Wildman–Crippen MR) is 82.5 cm³/mol. The Hall–Kier alpha value is -0.170. The Balaban J connectivity index is 1.52. The smallest absolute Gasteiger partial charge is 0.216 e. The Morgan fingerprint density at radius 3 is 2.48 bits per heavy atom. The minimum absolute atomic E-state index is 0.188. The zero-order chi connectivity index (χ0) is 15.1. The van der Waals surface area contributed by atoms with Crippen molar-refractivity contribution in [3.8, 4) is 0 Å². The second-order valence-electron chi connectivity index (χ2n) is 7.49. The predicted octanol–water partition coefficient (Wildman–Crippen LogP) is 1.08. The summed E-state index contributed by atoms with van der Waals surface area (Å²) in [4.78, 5) is 2.15. The van der Waals surface area contributed by atoms with Crippen LogP contribution in [0.1, 0.15) is 51.9 Å². The molecule has 3 fully saturated rings. The summed E-state index contributed by atoms with van der Waals surface area (Å²) in [5, 5.41) is 10.4. The minimum Gasteiger partial charge on any atom is -0.389 e. The van der Waals surface area contributed by atoms with Gasteiger partial charge in [-0.25, -0.2) is 13.1 Å². The lowest BCUT2D eigenvalue weighted by Crippen LogP contribution is -2.45. The van der Waals surface area contributed by atoms with E-state index in [1.807, 2.05) is 0 Å². The third kappa shape index (κ3) is 3.97. The Kier molecular flexibility index (Phi) is 4.34. The zero-order valence-corrected chi connectivity index (χ0v) is 13.7. The van der Waals surface area contributed by atoms with Crippen LogP contribution in [0.2, 0.25) is 0 Å². The van der Waals surface area contributed by atoms with Crippen LogP contribution in [0.25, 0.3) is 0 Å². The lowest BCUT2D eigenvalue weighted by atomic mass is 9.79. The van der Waals surface area contributed by atoms with E-state index in [1.165, 1.54) is 0 Å². The molecule has 1 aliphatic heterocycles. The van der Waals surface area contributed by atoms with Crippen molar-refractivity contribution in [2.24, 2.45) is 5.92 Å². The molecule has 1 saturated heterocycles. The normalized spacial score (nSPS) is 38.8. The van der Waals surface area contributed by atoms with Gasteiger partial charge in [0.2, 0.25) is 10.0 Å². The standard InChI is InChI=1S/C15H28N2O3S/c1-12-4-7-15(18,8-5-12)11-17-9-6-14(10-17)21(19,20)16-13-2-3-13/h12-14,16,18H,2-11H2,1H3. The summed E-state index contributed by atoms with van der Waals surface area (Å²) in [6.07, 6.45) is 6.51. The molecule has 3 rings (SSSR count). The maximum Gasteiger partial charge on any atom is 0.216 e. The Labute approximate surface area is 128 Å². The fourth-order valence-corrected chi connectivity index (χ4v) is 5.31. The summed E-state index contributed by atoms with van der Waals surface area (Å²) < 4.78 is 27.3. The highest BCUT2D eigenvalue weighted by molar-refractivity contribution is 7.90. The van der Waals surface area contributed by atoms with E-state index in [9.17, 15) is 13.5 Å². The highest BCUT2D eigenvalue weighted by Gasteiger charge is 2.40. The van der Waals surface area contributed by atoms with E-state index in [0.717, 1.165) is 45.1 Å². The zero-order valence-electron chi connectivity index (χ0n) is 12.9. The van der Waals surface area contributed by atoms with Crippen molar-refractivity contribution in [2.75, 3.05) is 19.6 Å². The number of likely N-dealkylation sites (tertiary alicyclic amines) is 1. The van der Waals surface area contributed by atoms with Crippen LogP contribution in [-0.4, -0.2) is 55.0 Å². The molecule has 1 heterocycles. The number of rotatable bonds is 5. The van der Waals surface area contributed by atoms with Crippen molar-refractivity contribution >= 4 is 10.0 Å². The maximum absolute atomic E-state index is 12.2. The van der Waals surface area contributed by atoms with Gasteiger partial charge in [0.05, 0.1) is 10.9 Å². The van der Waals surface area contributed by atoms with E-state index in [4.69, 9.17) is 0 Å². The van der Waals surface area contributed by atoms with Crippen molar-refractivity contribution < 1.29 is 13.5 Å². The fourth-order valence-electron chi connectivity index (χ4n) is 3.60. The van der Waals surface area contributed by atoms with Crippen LogP contribution in [0, 0.1) is 5.92 Å². The van der Waals surface area contributed by atoms with Gasteiger partial charge in [0.1, 0.15) is 0 Å². The molecule has 5 nitrogen and oxygen atoms in total. The number of sulfonamides is 1. The van der Waals surface area contributed by atoms with Crippen molar-refractivity contribution in [1.82, 2.24) is 9.62 Å². The van der Waals surface area contributed by atoms with E-state index in [1.54, 1.807) is 0 Å². The van der Waals surface area contributed by atoms with Gasteiger partial charge in [-0.15, -0.1) is 0 Å². The monoisotopic (exact) mass is 316 g/mol. The summed E-state index contributed by atoms with van der Waals surface area (Å²) in [7, 11) is -3.17. The Morgan fingerprint density at radius 2 is 1.86 bits per heavy atom. The molecule has 6 heteroatoms. The lowest BCUT2D eigenvalue weighted by molar-refractivity contribution is -0.0305. The molecule has 0 amide bonds. The second-order valence-corrected chi connectivity index (χ2v) is 9.48. The van der Waals surface area contributed by atoms with E-state index >= 15 is 0 Å². The average Bonchev–Trinajstić information content (AvgIpc) is 3.08. The number of aliphatic hydroxyl groups is 1. The molecule has 2 saturated carbocycles. The van der Waals surface area contributed by atoms with Gasteiger partial charge >= 0.3 is 0 Å². The third-order valence-corrected chi connectivity index (χ3v) is 7.22. The van der Waals surface area contributed by atoms with E-state index < -0.39 is 15.6 Å². The van der Waals surface area contributed by atoms with Crippen molar-refractivity contribution in [1.29, 1.82) is 0 Å². The van der Waals surface area contributed by atoms with E-state index in [2.05, 4.69) is 16.5 Å². The molecule has 1 atom stereocenters. The van der Waals surface area contributed by atoms with E-state index in [0.29, 0.717) is 25.4 Å². The average molecular weight is 316 g/mol. The van der Waals surface area contributed by atoms with Crippen LogP contribution in [0.5, 0.6) is 0 Å². The summed E-state index contributed by atoms with van der Waals surface area (Å²) in [6, 6.07) is 0.188. The van der Waals surface area contributed by atoms with Gasteiger partial charge in [-0.3, -0.25) is 4.90 Å². The first-order chi connectivity index (χ1) is 9.86. The Bertz CT molecular complexity index is 467. The molecule has 1 unspecified atom stereocenters. The van der Waals surface area contributed by atoms with Gasteiger partial charge in [0.15, 0.2) is 0 Å². The molecule has 122 valence electrons. The van der Waals surface area contributed by atoms with Gasteiger partial charge in [-0.05, 0) is 57.4 Å². The largest absolute Gasteiger partial charge is 0.389 e. The van der Waals surface area contributed by atoms with Gasteiger partial charge in [-0.1, -0.05) is 6.92 Å². The molecule has 0 aromatic rings. The van der Waals surface area contributed by atoms with Gasteiger partial charge in [0.25, 0.3) is 0 Å². The first-order valence-corrected chi connectivity index (χ1v) is 9.87. The highest BCUT2D eigenvalue weighted by atomic mass is 32.2. The number of hydrogen-bond donors (Lipinski definition) is 2. The van der Waals surface area contributed by atoms with Crippen LogP contribution in [0.3, 0.4) is 0 Å². The van der Waals surface area contributed by atoms with Crippen LogP contribution >= 0.6 is 0 Å². The second kappa shape index (κ2) is 5.80. The molecule has 2 aliphatic carbocycles. The first kappa shape index (κ1) is 15.7. The van der Waals surface area contributed by atoms with Gasteiger partial charge in [-0.2, -0.15) is 0 Å². The third-order valence-electron chi connectivity index (χ3n) is 5.30. The summed E-state index contributed by atoms with van der Waals surface area (Å²) in [5.74, 6) is 0.708. The Morgan fingerprint density at radius 1 is 1.19 bits per heavy atom. The molecule has 0 aromatic heterocycles. The molecular weight excluding hydrogens is 288 g/mol. The molecule has 0 radical (unpaired) electrons. The van der Waals surface area contributed by atoms with Gasteiger partial charge < -0.3 is 5.11 Å². The van der Waals surface area contributed by atoms with Crippen molar-refractivity contribution in [3.63, 3.8) is 0 Å². The number of β-amino-alcohol motifs (C(OH)–C–C–N with tert-alkyl or cyclic N) is 1. The van der Waals surface area contributed by atoms with E-state index in [-0.39, 0.29) is 11.3 Å². The quantitative estimate of drug-likeness (QED) is 0.796. The first-order valence-electron chi connectivity index (χ1n) is 8.32. The molecule has 21 heavy (non-hydrogen) atoms.